The van der Waals surface area contributed by atoms with E-state index >= 15 is 0 Å². The molecule has 2 aromatic heterocycles. The van der Waals surface area contributed by atoms with Crippen molar-refractivity contribution in [1.29, 1.82) is 0 Å². The van der Waals surface area contributed by atoms with Crippen LogP contribution in [-0.4, -0.2) is 46.9 Å². The minimum atomic E-state index is -0.436. The Labute approximate surface area is 215 Å². The van der Waals surface area contributed by atoms with E-state index in [-0.39, 0.29) is 6.10 Å². The summed E-state index contributed by atoms with van der Waals surface area (Å²) in [6, 6.07) is 16.1. The molecule has 1 amide bonds. The van der Waals surface area contributed by atoms with Crippen LogP contribution in [0, 0.1) is 0 Å². The molecule has 4 N–H and O–H groups in total. The van der Waals surface area contributed by atoms with Gasteiger partial charge in [0.15, 0.2) is 5.82 Å². The van der Waals surface area contributed by atoms with E-state index in [4.69, 9.17) is 20.2 Å². The summed E-state index contributed by atoms with van der Waals surface area (Å²) in [5, 5.41) is 6.96. The Morgan fingerprint density at radius 3 is 2.68 bits per heavy atom. The maximum absolute atomic E-state index is 12.0. The van der Waals surface area contributed by atoms with Gasteiger partial charge in [0.1, 0.15) is 24.1 Å². The summed E-state index contributed by atoms with van der Waals surface area (Å²) < 4.78 is 13.2. The summed E-state index contributed by atoms with van der Waals surface area (Å²) in [5.41, 5.74) is 12.0. The number of amides is 1. The van der Waals surface area contributed by atoms with Crippen LogP contribution in [0.25, 0.3) is 21.9 Å². The van der Waals surface area contributed by atoms with E-state index in [1.165, 1.54) is 0 Å². The number of fused-ring (bicyclic) bond motifs is 3. The molecule has 1 saturated heterocycles. The first kappa shape index (κ1) is 24.7. The lowest BCUT2D eigenvalue weighted by molar-refractivity contribution is -0.0593. The molecule has 1 fully saturated rings. The normalized spacial score (nSPS) is 15.0. The molecular weight excluding hydrogens is 468 g/mol. The number of alkyl carbamates (subject to hydrolysis) is 1. The number of ether oxygens (including phenoxy) is 2. The van der Waals surface area contributed by atoms with Crippen LogP contribution in [0.3, 0.4) is 0 Å². The Morgan fingerprint density at radius 1 is 1.19 bits per heavy atom. The number of nitrogens with one attached hydrogen (secondary N) is 2. The number of benzene rings is 2. The van der Waals surface area contributed by atoms with Crippen molar-refractivity contribution in [3.63, 3.8) is 0 Å². The second-order valence-corrected chi connectivity index (χ2v) is 9.36. The van der Waals surface area contributed by atoms with Gasteiger partial charge in [-0.25, -0.2) is 14.8 Å². The zero-order valence-corrected chi connectivity index (χ0v) is 21.0. The largest absolute Gasteiger partial charge is 0.448 e. The first-order chi connectivity index (χ1) is 18.0. The number of aromatic nitrogens is 3. The average molecular weight is 501 g/mol. The summed E-state index contributed by atoms with van der Waals surface area (Å²) in [4.78, 5) is 21.4. The molecule has 192 valence electrons. The highest BCUT2D eigenvalue weighted by molar-refractivity contribution is 6.06. The Bertz CT molecular complexity index is 1430. The summed E-state index contributed by atoms with van der Waals surface area (Å²) >= 11 is 0. The SMILES string of the molecule is C=C(C)CNCCOC(=O)NCc1ccc(Cn2c(C3CCO3)nc3c(N)nc4ccccc4c32)cc1. The standard InChI is InChI=1S/C28H32N6O3/c1-18(2)15-30-12-14-37-28(35)31-16-19-7-9-20(10-8-19)17-34-25-21-5-3-4-6-22(21)32-26(29)24(25)33-27(34)23-11-13-36-23/h3-10,23,30H,1,11-17H2,2H3,(H2,29,32)(H,31,35). The predicted octanol–water partition coefficient (Wildman–Crippen LogP) is 4.07. The third-order valence-corrected chi connectivity index (χ3v) is 6.37. The minimum Gasteiger partial charge on any atom is -0.448 e. The van der Waals surface area contributed by atoms with Crippen molar-refractivity contribution < 1.29 is 14.3 Å². The van der Waals surface area contributed by atoms with E-state index in [9.17, 15) is 4.79 Å². The van der Waals surface area contributed by atoms with Crippen molar-refractivity contribution >= 4 is 33.8 Å². The Morgan fingerprint density at radius 2 is 1.95 bits per heavy atom. The molecule has 0 aliphatic carbocycles. The van der Waals surface area contributed by atoms with Crippen molar-refractivity contribution in [3.05, 3.63) is 77.6 Å². The topological polar surface area (TPSA) is 116 Å². The van der Waals surface area contributed by atoms with Gasteiger partial charge in [-0.15, -0.1) is 0 Å². The molecule has 3 heterocycles. The molecular formula is C28H32N6O3. The van der Waals surface area contributed by atoms with Gasteiger partial charge in [0, 0.05) is 38.0 Å². The second kappa shape index (κ2) is 11.0. The van der Waals surface area contributed by atoms with Crippen LogP contribution in [0.15, 0.2) is 60.7 Å². The van der Waals surface area contributed by atoms with Crippen LogP contribution in [0.5, 0.6) is 0 Å². The maximum Gasteiger partial charge on any atom is 0.407 e. The lowest BCUT2D eigenvalue weighted by Gasteiger charge is -2.26. The van der Waals surface area contributed by atoms with Crippen molar-refractivity contribution in [2.24, 2.45) is 0 Å². The van der Waals surface area contributed by atoms with Crippen LogP contribution in [0.4, 0.5) is 10.6 Å². The van der Waals surface area contributed by atoms with Crippen molar-refractivity contribution in [3.8, 4) is 0 Å². The summed E-state index contributed by atoms with van der Waals surface area (Å²) in [6.07, 6.45) is 0.449. The van der Waals surface area contributed by atoms with E-state index in [1.807, 2.05) is 37.3 Å². The number of carbonyl (C=O) groups excluding carboxylic acids is 1. The van der Waals surface area contributed by atoms with Gasteiger partial charge in [-0.1, -0.05) is 54.6 Å². The number of hydrogen-bond acceptors (Lipinski definition) is 7. The van der Waals surface area contributed by atoms with Gasteiger partial charge in [-0.05, 0) is 24.1 Å². The molecule has 1 aliphatic heterocycles. The molecule has 0 radical (unpaired) electrons. The van der Waals surface area contributed by atoms with E-state index < -0.39 is 6.09 Å². The molecule has 9 heteroatoms. The number of nitrogens with zero attached hydrogens (tertiary/aromatic N) is 3. The molecule has 1 unspecified atom stereocenters. The monoisotopic (exact) mass is 500 g/mol. The van der Waals surface area contributed by atoms with Crippen LogP contribution >= 0.6 is 0 Å². The summed E-state index contributed by atoms with van der Waals surface area (Å²) in [7, 11) is 0. The highest BCUT2D eigenvalue weighted by atomic mass is 16.5. The van der Waals surface area contributed by atoms with Crippen LogP contribution < -0.4 is 16.4 Å². The first-order valence-electron chi connectivity index (χ1n) is 12.5. The van der Waals surface area contributed by atoms with Gasteiger partial charge in [0.05, 0.1) is 17.6 Å². The fraction of sp³-hybridized carbons (Fsp3) is 0.321. The summed E-state index contributed by atoms with van der Waals surface area (Å²) in [5.74, 6) is 1.30. The number of anilines is 1. The zero-order valence-electron chi connectivity index (χ0n) is 21.0. The lowest BCUT2D eigenvalue weighted by Crippen LogP contribution is -2.28. The van der Waals surface area contributed by atoms with Gasteiger partial charge < -0.3 is 30.4 Å². The molecule has 1 aliphatic rings. The second-order valence-electron chi connectivity index (χ2n) is 9.36. The molecule has 5 rings (SSSR count). The van der Waals surface area contributed by atoms with Crippen molar-refractivity contribution in [2.45, 2.75) is 32.5 Å². The smallest absolute Gasteiger partial charge is 0.407 e. The van der Waals surface area contributed by atoms with Gasteiger partial charge in [-0.2, -0.15) is 0 Å². The number of nitrogens with two attached hydrogens (primary N) is 1. The number of imidazole rings is 1. The number of para-hydroxylation sites is 1. The third kappa shape index (κ3) is 5.58. The van der Waals surface area contributed by atoms with Gasteiger partial charge in [0.2, 0.25) is 0 Å². The van der Waals surface area contributed by atoms with Crippen LogP contribution in [-0.2, 0) is 22.6 Å². The predicted molar refractivity (Wildman–Crippen MR) is 144 cm³/mol. The molecule has 0 bridgehead atoms. The molecule has 1 atom stereocenters. The molecule has 0 saturated carbocycles. The summed E-state index contributed by atoms with van der Waals surface area (Å²) in [6.45, 7) is 9.11. The maximum atomic E-state index is 12.0. The van der Waals surface area contributed by atoms with Crippen LogP contribution in [0.2, 0.25) is 0 Å². The minimum absolute atomic E-state index is 0.0453. The number of rotatable bonds is 10. The van der Waals surface area contributed by atoms with Crippen molar-refractivity contribution in [1.82, 2.24) is 25.2 Å². The molecule has 4 aromatic rings. The number of nitrogen functional groups attached to an aromatic ring is 1. The quantitative estimate of drug-likeness (QED) is 0.222. The van der Waals surface area contributed by atoms with Gasteiger partial charge >= 0.3 is 6.09 Å². The average Bonchev–Trinajstić information content (AvgIpc) is 3.21. The van der Waals surface area contributed by atoms with Gasteiger partial charge in [0.25, 0.3) is 0 Å². The first-order valence-corrected chi connectivity index (χ1v) is 12.5. The third-order valence-electron chi connectivity index (χ3n) is 6.37. The molecule has 2 aromatic carbocycles. The molecule has 37 heavy (non-hydrogen) atoms. The Kier molecular flexibility index (Phi) is 7.34. The number of pyridine rings is 1. The van der Waals surface area contributed by atoms with Crippen LogP contribution in [0.1, 0.15) is 36.4 Å². The van der Waals surface area contributed by atoms with Crippen molar-refractivity contribution in [2.75, 3.05) is 32.0 Å². The molecule has 9 nitrogen and oxygen atoms in total. The Hall–Kier alpha value is -3.95. The highest BCUT2D eigenvalue weighted by Gasteiger charge is 2.28. The number of hydrogen-bond donors (Lipinski definition) is 3. The zero-order chi connectivity index (χ0) is 25.8. The van der Waals surface area contributed by atoms with Gasteiger partial charge in [-0.3, -0.25) is 0 Å². The van der Waals surface area contributed by atoms with E-state index in [1.54, 1.807) is 0 Å². The lowest BCUT2D eigenvalue weighted by atomic mass is 10.1. The number of carbonyl (C=O) groups is 1. The molecule has 0 spiro atoms. The Balaban J connectivity index is 1.29. The fourth-order valence-electron chi connectivity index (χ4n) is 4.41. The van der Waals surface area contributed by atoms with E-state index in [0.29, 0.717) is 44.1 Å². The highest BCUT2D eigenvalue weighted by Crippen LogP contribution is 2.35. The fourth-order valence-corrected chi connectivity index (χ4v) is 4.41. The van der Waals surface area contributed by atoms with E-state index in [0.717, 1.165) is 52.0 Å². The van der Waals surface area contributed by atoms with E-state index in [2.05, 4.69) is 45.0 Å².